The molecular weight excluding hydrogens is 202 g/mol. The summed E-state index contributed by atoms with van der Waals surface area (Å²) >= 11 is 5.23. The van der Waals surface area contributed by atoms with Crippen LogP contribution in [-0.2, 0) is 6.42 Å². The van der Waals surface area contributed by atoms with Gasteiger partial charge < -0.3 is 5.32 Å². The zero-order valence-electron chi connectivity index (χ0n) is 8.29. The first-order valence-electron chi connectivity index (χ1n) is 5.15. The summed E-state index contributed by atoms with van der Waals surface area (Å²) in [5.74, 6) is 0. The fraction of sp³-hybridized carbons (Fsp3) is 0.154. The summed E-state index contributed by atoms with van der Waals surface area (Å²) in [7, 11) is 0. The van der Waals surface area contributed by atoms with E-state index in [1.807, 2.05) is 0 Å². The third-order valence-electron chi connectivity index (χ3n) is 2.90. The van der Waals surface area contributed by atoms with E-state index in [0.717, 1.165) is 17.8 Å². The van der Waals surface area contributed by atoms with Gasteiger partial charge in [-0.1, -0.05) is 48.6 Å². The Morgan fingerprint density at radius 1 is 1.00 bits per heavy atom. The van der Waals surface area contributed by atoms with Crippen LogP contribution in [0.4, 0.5) is 5.69 Å². The predicted molar refractivity (Wildman–Crippen MR) is 68.5 cm³/mol. The second-order valence-electron chi connectivity index (χ2n) is 3.87. The molecule has 1 aliphatic rings. The molecule has 0 spiro atoms. The number of aryl methyl sites for hydroxylation is 1. The molecule has 0 saturated heterocycles. The minimum atomic E-state index is 0.957. The van der Waals surface area contributed by atoms with Gasteiger partial charge in [-0.2, -0.15) is 0 Å². The number of anilines is 1. The summed E-state index contributed by atoms with van der Waals surface area (Å²) < 4.78 is 0. The van der Waals surface area contributed by atoms with Crippen molar-refractivity contribution in [2.75, 3.05) is 5.32 Å². The van der Waals surface area contributed by atoms with Crippen LogP contribution in [0.2, 0.25) is 0 Å². The molecule has 1 N–H and O–H groups in total. The normalized spacial score (nSPS) is 14.8. The maximum atomic E-state index is 5.23. The molecule has 1 nitrogen and oxygen atoms in total. The van der Waals surface area contributed by atoms with Gasteiger partial charge in [0.05, 0.1) is 4.99 Å². The molecule has 0 bridgehead atoms. The van der Waals surface area contributed by atoms with Crippen LogP contribution in [0.25, 0.3) is 10.8 Å². The van der Waals surface area contributed by atoms with Crippen molar-refractivity contribution in [1.29, 1.82) is 0 Å². The van der Waals surface area contributed by atoms with Crippen LogP contribution in [0.3, 0.4) is 0 Å². The number of nitrogens with one attached hydrogen (secondary N) is 1. The van der Waals surface area contributed by atoms with Crippen LogP contribution >= 0.6 is 12.2 Å². The molecule has 0 fully saturated rings. The molecule has 2 aromatic rings. The topological polar surface area (TPSA) is 12.0 Å². The maximum absolute atomic E-state index is 5.23. The zero-order valence-corrected chi connectivity index (χ0v) is 9.10. The molecular formula is C13H11NS. The van der Waals surface area contributed by atoms with E-state index >= 15 is 0 Å². The van der Waals surface area contributed by atoms with Gasteiger partial charge in [0.15, 0.2) is 0 Å². The van der Waals surface area contributed by atoms with Gasteiger partial charge >= 0.3 is 0 Å². The van der Waals surface area contributed by atoms with Crippen LogP contribution in [0.1, 0.15) is 12.0 Å². The zero-order chi connectivity index (χ0) is 10.3. The van der Waals surface area contributed by atoms with Crippen molar-refractivity contribution in [3.05, 3.63) is 42.0 Å². The van der Waals surface area contributed by atoms with Crippen molar-refractivity contribution in [3.8, 4) is 0 Å². The Balaban J connectivity index is 2.32. The molecule has 0 aliphatic carbocycles. The summed E-state index contributed by atoms with van der Waals surface area (Å²) in [5.41, 5.74) is 2.59. The van der Waals surface area contributed by atoms with Gasteiger partial charge in [0, 0.05) is 17.5 Å². The molecule has 0 radical (unpaired) electrons. The van der Waals surface area contributed by atoms with Crippen LogP contribution < -0.4 is 5.32 Å². The lowest BCUT2D eigenvalue weighted by Crippen LogP contribution is -2.17. The molecule has 3 rings (SSSR count). The molecule has 0 atom stereocenters. The minimum absolute atomic E-state index is 0.957. The van der Waals surface area contributed by atoms with E-state index in [4.69, 9.17) is 12.2 Å². The van der Waals surface area contributed by atoms with E-state index in [9.17, 15) is 0 Å². The highest BCUT2D eigenvalue weighted by atomic mass is 32.1. The molecule has 0 aromatic heterocycles. The van der Waals surface area contributed by atoms with Gasteiger partial charge in [0.1, 0.15) is 0 Å². The Bertz CT molecular complexity index is 545. The molecule has 1 heterocycles. The number of fused-ring (bicyclic) bond motifs is 3. The van der Waals surface area contributed by atoms with E-state index in [0.29, 0.717) is 0 Å². The van der Waals surface area contributed by atoms with Crippen LogP contribution in [0.5, 0.6) is 0 Å². The highest BCUT2D eigenvalue weighted by Gasteiger charge is 2.13. The van der Waals surface area contributed by atoms with Crippen LogP contribution in [0.15, 0.2) is 36.4 Å². The lowest BCUT2D eigenvalue weighted by molar-refractivity contribution is 1.03. The number of rotatable bonds is 0. The van der Waals surface area contributed by atoms with Gasteiger partial charge in [-0.25, -0.2) is 0 Å². The predicted octanol–water partition coefficient (Wildman–Crippen LogP) is 3.53. The molecule has 1 aliphatic heterocycles. The number of thiocarbonyl (C=S) groups is 1. The SMILES string of the molecule is S=C1CCc2ccc3ccccc3c2N1. The third kappa shape index (κ3) is 1.41. The fourth-order valence-electron chi connectivity index (χ4n) is 2.12. The van der Waals surface area contributed by atoms with E-state index in [1.165, 1.54) is 22.0 Å². The molecule has 0 amide bonds. The van der Waals surface area contributed by atoms with Crippen molar-refractivity contribution in [3.63, 3.8) is 0 Å². The lowest BCUT2D eigenvalue weighted by Gasteiger charge is -2.20. The Kier molecular flexibility index (Phi) is 1.96. The summed E-state index contributed by atoms with van der Waals surface area (Å²) in [6, 6.07) is 12.8. The van der Waals surface area contributed by atoms with Gasteiger partial charge in [-0.05, 0) is 17.4 Å². The fourth-order valence-corrected chi connectivity index (χ4v) is 2.33. The largest absolute Gasteiger partial charge is 0.349 e. The first kappa shape index (κ1) is 8.86. The number of hydrogen-bond acceptors (Lipinski definition) is 1. The van der Waals surface area contributed by atoms with Crippen LogP contribution in [-0.4, -0.2) is 4.99 Å². The van der Waals surface area contributed by atoms with Gasteiger partial charge in [0.25, 0.3) is 0 Å². The van der Waals surface area contributed by atoms with Crippen molar-refractivity contribution < 1.29 is 0 Å². The van der Waals surface area contributed by atoms with Crippen LogP contribution in [0, 0.1) is 0 Å². The molecule has 74 valence electrons. The highest BCUT2D eigenvalue weighted by molar-refractivity contribution is 7.80. The Morgan fingerprint density at radius 2 is 1.87 bits per heavy atom. The third-order valence-corrected chi connectivity index (χ3v) is 3.21. The van der Waals surface area contributed by atoms with E-state index in [-0.39, 0.29) is 0 Å². The second-order valence-corrected chi connectivity index (χ2v) is 4.36. The Hall–Kier alpha value is -1.41. The summed E-state index contributed by atoms with van der Waals surface area (Å²) in [6.07, 6.45) is 2.03. The Morgan fingerprint density at radius 3 is 2.80 bits per heavy atom. The van der Waals surface area contributed by atoms with Crippen molar-refractivity contribution in [2.45, 2.75) is 12.8 Å². The molecule has 15 heavy (non-hydrogen) atoms. The van der Waals surface area contributed by atoms with E-state index < -0.39 is 0 Å². The Labute approximate surface area is 94.1 Å². The van der Waals surface area contributed by atoms with Gasteiger partial charge in [0.2, 0.25) is 0 Å². The van der Waals surface area contributed by atoms with Crippen molar-refractivity contribution in [2.24, 2.45) is 0 Å². The summed E-state index contributed by atoms with van der Waals surface area (Å²) in [5, 5.41) is 5.88. The number of hydrogen-bond donors (Lipinski definition) is 1. The monoisotopic (exact) mass is 213 g/mol. The molecule has 2 heteroatoms. The average Bonchev–Trinajstić information content (AvgIpc) is 2.29. The van der Waals surface area contributed by atoms with Crippen molar-refractivity contribution >= 4 is 33.7 Å². The standard InChI is InChI=1S/C13H11NS/c15-12-8-7-10-6-5-9-3-1-2-4-11(9)13(10)14-12/h1-6H,7-8H2,(H,14,15). The second kappa shape index (κ2) is 3.31. The smallest absolute Gasteiger partial charge is 0.0800 e. The molecule has 2 aromatic carbocycles. The molecule has 0 saturated carbocycles. The maximum Gasteiger partial charge on any atom is 0.0800 e. The molecule has 0 unspecified atom stereocenters. The van der Waals surface area contributed by atoms with Gasteiger partial charge in [-0.3, -0.25) is 0 Å². The summed E-state index contributed by atoms with van der Waals surface area (Å²) in [6.45, 7) is 0. The average molecular weight is 213 g/mol. The quantitative estimate of drug-likeness (QED) is 0.672. The van der Waals surface area contributed by atoms with Gasteiger partial charge in [-0.15, -0.1) is 0 Å². The van der Waals surface area contributed by atoms with E-state index in [1.54, 1.807) is 0 Å². The first-order chi connectivity index (χ1) is 7.34. The highest BCUT2D eigenvalue weighted by Crippen LogP contribution is 2.31. The summed E-state index contributed by atoms with van der Waals surface area (Å²) in [4.78, 5) is 0.957. The van der Waals surface area contributed by atoms with Crippen molar-refractivity contribution in [1.82, 2.24) is 0 Å². The minimum Gasteiger partial charge on any atom is -0.349 e. The lowest BCUT2D eigenvalue weighted by atomic mass is 9.98. The van der Waals surface area contributed by atoms with E-state index in [2.05, 4.69) is 41.7 Å². The first-order valence-corrected chi connectivity index (χ1v) is 5.56. The number of benzene rings is 2.